The number of rotatable bonds is 6. The van der Waals surface area contributed by atoms with Gasteiger partial charge in [0, 0.05) is 18.6 Å². The van der Waals surface area contributed by atoms with Crippen molar-refractivity contribution in [3.63, 3.8) is 0 Å². The lowest BCUT2D eigenvalue weighted by Crippen LogP contribution is -2.41. The molecule has 0 radical (unpaired) electrons. The third-order valence-corrected chi connectivity index (χ3v) is 3.82. The van der Waals surface area contributed by atoms with E-state index < -0.39 is 0 Å². The minimum Gasteiger partial charge on any atom is -0.291 e. The molecule has 0 aliphatic carbocycles. The Hall–Kier alpha value is -2.12. The first-order chi connectivity index (χ1) is 11.1. The Bertz CT molecular complexity index is 567. The van der Waals surface area contributed by atoms with Gasteiger partial charge in [-0.2, -0.15) is 0 Å². The normalized spacial score (nSPS) is 12.5. The molecule has 2 rings (SSSR count). The molecule has 2 aromatic rings. The molecule has 0 aliphatic heterocycles. The van der Waals surface area contributed by atoms with E-state index in [9.17, 15) is 0 Å². The molecule has 0 aliphatic rings. The van der Waals surface area contributed by atoms with Gasteiger partial charge in [0.25, 0.3) is 0 Å². The zero-order valence-electron chi connectivity index (χ0n) is 14.4. The van der Waals surface area contributed by atoms with E-state index in [4.69, 9.17) is 0 Å². The molecule has 0 unspecified atom stereocenters. The van der Waals surface area contributed by atoms with E-state index in [1.54, 1.807) is 0 Å². The largest absolute Gasteiger partial charge is 0.291 e. The lowest BCUT2D eigenvalue weighted by molar-refractivity contribution is 0.173. The van der Waals surface area contributed by atoms with Crippen molar-refractivity contribution in [3.05, 3.63) is 83.9 Å². The second kappa shape index (κ2) is 8.50. The highest BCUT2D eigenvalue weighted by atomic mass is 15.2. The lowest BCUT2D eigenvalue weighted by atomic mass is 10.1. The standard InChI is InChI=1S/C22H27N/c1-22(2,3)23(18-10-16-20-12-6-4-7-13-20)19-11-17-21-14-8-5-9-15-21/h4-17H,18-19H2,1-3H3. The van der Waals surface area contributed by atoms with Crippen LogP contribution in [0.2, 0.25) is 0 Å². The van der Waals surface area contributed by atoms with Gasteiger partial charge in [0.15, 0.2) is 0 Å². The Morgan fingerprint density at radius 3 is 1.43 bits per heavy atom. The van der Waals surface area contributed by atoms with Crippen LogP contribution in [0.25, 0.3) is 12.2 Å². The number of nitrogens with zero attached hydrogens (tertiary/aromatic N) is 1. The maximum atomic E-state index is 2.46. The molecule has 23 heavy (non-hydrogen) atoms. The molecule has 0 saturated heterocycles. The van der Waals surface area contributed by atoms with Gasteiger partial charge in [0.1, 0.15) is 0 Å². The Morgan fingerprint density at radius 2 is 1.09 bits per heavy atom. The summed E-state index contributed by atoms with van der Waals surface area (Å²) >= 11 is 0. The minimum atomic E-state index is 0.141. The van der Waals surface area contributed by atoms with Crippen LogP contribution in [-0.2, 0) is 0 Å². The highest BCUT2D eigenvalue weighted by molar-refractivity contribution is 5.49. The molecule has 0 amide bonds. The maximum Gasteiger partial charge on any atom is 0.0174 e. The van der Waals surface area contributed by atoms with Crippen molar-refractivity contribution < 1.29 is 0 Å². The van der Waals surface area contributed by atoms with Crippen LogP contribution in [0, 0.1) is 0 Å². The molecule has 0 saturated carbocycles. The number of benzene rings is 2. The van der Waals surface area contributed by atoms with Gasteiger partial charge in [0.2, 0.25) is 0 Å². The monoisotopic (exact) mass is 305 g/mol. The predicted molar refractivity (Wildman–Crippen MR) is 102 cm³/mol. The summed E-state index contributed by atoms with van der Waals surface area (Å²) in [6.45, 7) is 8.67. The van der Waals surface area contributed by atoms with Gasteiger partial charge >= 0.3 is 0 Å². The molecule has 2 aromatic carbocycles. The van der Waals surface area contributed by atoms with Crippen LogP contribution in [0.3, 0.4) is 0 Å². The quantitative estimate of drug-likeness (QED) is 0.680. The van der Waals surface area contributed by atoms with Gasteiger partial charge in [-0.1, -0.05) is 85.0 Å². The summed E-state index contributed by atoms with van der Waals surface area (Å²) in [4.78, 5) is 2.46. The Kier molecular flexibility index (Phi) is 6.37. The van der Waals surface area contributed by atoms with Crippen LogP contribution in [0.4, 0.5) is 0 Å². The van der Waals surface area contributed by atoms with Gasteiger partial charge in [-0.25, -0.2) is 0 Å². The summed E-state index contributed by atoms with van der Waals surface area (Å²) in [5.74, 6) is 0. The summed E-state index contributed by atoms with van der Waals surface area (Å²) in [5.41, 5.74) is 2.64. The van der Waals surface area contributed by atoms with Crippen LogP contribution in [-0.4, -0.2) is 23.5 Å². The summed E-state index contributed by atoms with van der Waals surface area (Å²) in [6, 6.07) is 20.9. The molecular weight excluding hydrogens is 278 g/mol. The third-order valence-electron chi connectivity index (χ3n) is 3.82. The molecule has 0 fully saturated rings. The molecule has 0 spiro atoms. The lowest BCUT2D eigenvalue weighted by Gasteiger charge is -2.34. The molecule has 0 heterocycles. The molecular formula is C22H27N. The zero-order chi connectivity index (χ0) is 16.5. The predicted octanol–water partition coefficient (Wildman–Crippen LogP) is 5.51. The van der Waals surface area contributed by atoms with Gasteiger partial charge in [-0.3, -0.25) is 4.90 Å². The fraction of sp³-hybridized carbons (Fsp3) is 0.273. The van der Waals surface area contributed by atoms with E-state index in [0.717, 1.165) is 13.1 Å². The molecule has 1 heteroatoms. The fourth-order valence-corrected chi connectivity index (χ4v) is 2.38. The van der Waals surface area contributed by atoms with Crippen LogP contribution in [0.5, 0.6) is 0 Å². The minimum absolute atomic E-state index is 0.141. The van der Waals surface area contributed by atoms with Crippen LogP contribution in [0.1, 0.15) is 31.9 Å². The summed E-state index contributed by atoms with van der Waals surface area (Å²) in [5, 5.41) is 0. The SMILES string of the molecule is CC(C)(C)N(CC=Cc1ccccc1)CC=Cc1ccccc1. The van der Waals surface area contributed by atoms with E-state index >= 15 is 0 Å². The van der Waals surface area contributed by atoms with Crippen molar-refractivity contribution in [1.29, 1.82) is 0 Å². The van der Waals surface area contributed by atoms with Gasteiger partial charge in [0.05, 0.1) is 0 Å². The van der Waals surface area contributed by atoms with Gasteiger partial charge in [-0.05, 0) is 31.9 Å². The molecule has 1 nitrogen and oxygen atoms in total. The second-order valence-corrected chi connectivity index (χ2v) is 6.70. The fourth-order valence-electron chi connectivity index (χ4n) is 2.38. The van der Waals surface area contributed by atoms with E-state index in [2.05, 4.69) is 98.5 Å². The maximum absolute atomic E-state index is 2.46. The van der Waals surface area contributed by atoms with E-state index in [0.29, 0.717) is 0 Å². The Balaban J connectivity index is 1.95. The summed E-state index contributed by atoms with van der Waals surface area (Å²) in [6.07, 6.45) is 8.88. The Morgan fingerprint density at radius 1 is 0.696 bits per heavy atom. The molecule has 0 aromatic heterocycles. The molecule has 0 atom stereocenters. The third kappa shape index (κ3) is 6.25. The zero-order valence-corrected chi connectivity index (χ0v) is 14.4. The topological polar surface area (TPSA) is 3.24 Å². The molecule has 0 bridgehead atoms. The molecule has 120 valence electrons. The number of hydrogen-bond acceptors (Lipinski definition) is 1. The van der Waals surface area contributed by atoms with Crippen LogP contribution >= 0.6 is 0 Å². The van der Waals surface area contributed by atoms with Crippen LogP contribution in [0.15, 0.2) is 72.8 Å². The summed E-state index contributed by atoms with van der Waals surface area (Å²) < 4.78 is 0. The molecule has 0 N–H and O–H groups in total. The van der Waals surface area contributed by atoms with Crippen molar-refractivity contribution in [1.82, 2.24) is 4.90 Å². The smallest absolute Gasteiger partial charge is 0.0174 e. The summed E-state index contributed by atoms with van der Waals surface area (Å²) in [7, 11) is 0. The van der Waals surface area contributed by atoms with Crippen molar-refractivity contribution in [2.75, 3.05) is 13.1 Å². The Labute approximate surface area is 141 Å². The number of hydrogen-bond donors (Lipinski definition) is 0. The first-order valence-corrected chi connectivity index (χ1v) is 8.24. The van der Waals surface area contributed by atoms with Crippen LogP contribution < -0.4 is 0 Å². The highest BCUT2D eigenvalue weighted by Gasteiger charge is 2.18. The van der Waals surface area contributed by atoms with Gasteiger partial charge in [-0.15, -0.1) is 0 Å². The van der Waals surface area contributed by atoms with E-state index in [1.807, 2.05) is 12.1 Å². The van der Waals surface area contributed by atoms with Crippen molar-refractivity contribution >= 4 is 12.2 Å². The second-order valence-electron chi connectivity index (χ2n) is 6.70. The van der Waals surface area contributed by atoms with Crippen molar-refractivity contribution in [2.24, 2.45) is 0 Å². The average molecular weight is 305 g/mol. The van der Waals surface area contributed by atoms with Gasteiger partial charge < -0.3 is 0 Å². The van der Waals surface area contributed by atoms with Crippen molar-refractivity contribution in [2.45, 2.75) is 26.3 Å². The van der Waals surface area contributed by atoms with E-state index in [1.165, 1.54) is 11.1 Å². The average Bonchev–Trinajstić information content (AvgIpc) is 2.54. The highest BCUT2D eigenvalue weighted by Crippen LogP contribution is 2.14. The van der Waals surface area contributed by atoms with Crippen molar-refractivity contribution in [3.8, 4) is 0 Å². The first kappa shape index (κ1) is 17.2. The van der Waals surface area contributed by atoms with E-state index in [-0.39, 0.29) is 5.54 Å². The first-order valence-electron chi connectivity index (χ1n) is 8.24.